The zero-order chi connectivity index (χ0) is 15.5. The molecule has 0 atom stereocenters. The summed E-state index contributed by atoms with van der Waals surface area (Å²) in [4.78, 5) is 12.5. The van der Waals surface area contributed by atoms with Crippen molar-refractivity contribution in [2.75, 3.05) is 19.0 Å². The first-order chi connectivity index (χ1) is 9.91. The summed E-state index contributed by atoms with van der Waals surface area (Å²) >= 11 is 1.77. The quantitative estimate of drug-likeness (QED) is 0.921. The van der Waals surface area contributed by atoms with E-state index in [-0.39, 0.29) is 5.41 Å². The molecule has 4 nitrogen and oxygen atoms in total. The number of pyridine rings is 1. The molecule has 0 saturated heterocycles. The van der Waals surface area contributed by atoms with Crippen molar-refractivity contribution >= 4 is 16.5 Å². The van der Waals surface area contributed by atoms with Gasteiger partial charge >= 0.3 is 0 Å². The minimum absolute atomic E-state index is 0.0679. The number of rotatable bonds is 5. The molecule has 2 heterocycles. The molecule has 5 heteroatoms. The zero-order valence-electron chi connectivity index (χ0n) is 13.5. The van der Waals surface area contributed by atoms with Crippen molar-refractivity contribution in [3.8, 4) is 0 Å². The van der Waals surface area contributed by atoms with Gasteiger partial charge in [-0.1, -0.05) is 20.8 Å². The zero-order valence-corrected chi connectivity index (χ0v) is 14.3. The molecule has 0 fully saturated rings. The van der Waals surface area contributed by atoms with Crippen molar-refractivity contribution < 1.29 is 0 Å². The molecule has 0 amide bonds. The molecule has 2 aromatic rings. The van der Waals surface area contributed by atoms with Crippen LogP contribution in [0.3, 0.4) is 0 Å². The predicted octanol–water partition coefficient (Wildman–Crippen LogP) is 3.19. The Morgan fingerprint density at radius 2 is 1.90 bits per heavy atom. The molecular formula is C16H24N4S. The second kappa shape index (κ2) is 6.54. The number of nitrogens with one attached hydrogen (secondary N) is 1. The highest BCUT2D eigenvalue weighted by Gasteiger charge is 2.24. The van der Waals surface area contributed by atoms with Gasteiger partial charge in [-0.05, 0) is 24.7 Å². The van der Waals surface area contributed by atoms with Crippen LogP contribution in [0, 0.1) is 0 Å². The fourth-order valence-electron chi connectivity index (χ4n) is 2.20. The first kappa shape index (κ1) is 15.9. The number of hydrogen-bond donors (Lipinski definition) is 1. The molecule has 0 unspecified atom stereocenters. The van der Waals surface area contributed by atoms with Gasteiger partial charge < -0.3 is 10.2 Å². The van der Waals surface area contributed by atoms with E-state index >= 15 is 0 Å². The van der Waals surface area contributed by atoms with E-state index in [1.165, 1.54) is 16.1 Å². The summed E-state index contributed by atoms with van der Waals surface area (Å²) in [7, 11) is 4.07. The number of nitrogens with zero attached hydrogens (tertiary/aromatic N) is 3. The molecule has 21 heavy (non-hydrogen) atoms. The summed E-state index contributed by atoms with van der Waals surface area (Å²) < 4.78 is 0. The monoisotopic (exact) mass is 304 g/mol. The van der Waals surface area contributed by atoms with Gasteiger partial charge in [0.1, 0.15) is 0 Å². The fourth-order valence-corrected chi connectivity index (χ4v) is 3.44. The van der Waals surface area contributed by atoms with Crippen molar-refractivity contribution in [1.82, 2.24) is 15.3 Å². The van der Waals surface area contributed by atoms with Gasteiger partial charge in [0.2, 0.25) is 0 Å². The highest BCUT2D eigenvalue weighted by atomic mass is 32.1. The van der Waals surface area contributed by atoms with Gasteiger partial charge in [-0.15, -0.1) is 11.3 Å². The highest BCUT2D eigenvalue weighted by Crippen LogP contribution is 2.33. The molecule has 114 valence electrons. The summed E-state index contributed by atoms with van der Waals surface area (Å²) in [5.74, 6) is 0. The van der Waals surface area contributed by atoms with Gasteiger partial charge in [0.15, 0.2) is 5.13 Å². The van der Waals surface area contributed by atoms with E-state index in [2.05, 4.69) is 43.0 Å². The van der Waals surface area contributed by atoms with Crippen molar-refractivity contribution in [3.05, 3.63) is 40.7 Å². The maximum absolute atomic E-state index is 4.88. The molecule has 2 aromatic heterocycles. The lowest BCUT2D eigenvalue weighted by Gasteiger charge is -2.18. The molecule has 0 saturated carbocycles. The third-order valence-corrected chi connectivity index (χ3v) is 4.40. The van der Waals surface area contributed by atoms with Crippen LogP contribution in [0.15, 0.2) is 24.5 Å². The maximum atomic E-state index is 4.88. The van der Waals surface area contributed by atoms with Crippen LogP contribution in [0.5, 0.6) is 0 Å². The largest absolute Gasteiger partial charge is 0.347 e. The standard InChI is InChI=1S/C16H24N4S/c1-16(2,3)14-13(10-17-4)21-15(19-14)20(5)11-12-6-8-18-9-7-12/h6-9,17H,10-11H2,1-5H3. The van der Waals surface area contributed by atoms with Crippen LogP contribution < -0.4 is 10.2 Å². The maximum Gasteiger partial charge on any atom is 0.185 e. The second-order valence-corrected chi connectivity index (χ2v) is 7.32. The van der Waals surface area contributed by atoms with Crippen LogP contribution in [0.25, 0.3) is 0 Å². The molecule has 1 N–H and O–H groups in total. The molecular weight excluding hydrogens is 280 g/mol. The van der Waals surface area contributed by atoms with Crippen LogP contribution in [0.2, 0.25) is 0 Å². The number of hydrogen-bond acceptors (Lipinski definition) is 5. The van der Waals surface area contributed by atoms with Gasteiger partial charge in [0.25, 0.3) is 0 Å². The molecule has 0 radical (unpaired) electrons. The fraction of sp³-hybridized carbons (Fsp3) is 0.500. The molecule has 0 bridgehead atoms. The Labute approximate surface area is 131 Å². The van der Waals surface area contributed by atoms with E-state index in [0.717, 1.165) is 18.2 Å². The topological polar surface area (TPSA) is 41.0 Å². The van der Waals surface area contributed by atoms with Gasteiger partial charge in [0.05, 0.1) is 5.69 Å². The predicted molar refractivity (Wildman–Crippen MR) is 89.9 cm³/mol. The van der Waals surface area contributed by atoms with Crippen molar-refractivity contribution in [1.29, 1.82) is 0 Å². The van der Waals surface area contributed by atoms with Gasteiger partial charge in [0, 0.05) is 42.8 Å². The molecule has 0 spiro atoms. The third kappa shape index (κ3) is 4.02. The number of anilines is 1. The summed E-state index contributed by atoms with van der Waals surface area (Å²) in [6.07, 6.45) is 3.66. The van der Waals surface area contributed by atoms with Crippen LogP contribution in [-0.4, -0.2) is 24.1 Å². The highest BCUT2D eigenvalue weighted by molar-refractivity contribution is 7.15. The van der Waals surface area contributed by atoms with Gasteiger partial charge in [-0.25, -0.2) is 4.98 Å². The lowest BCUT2D eigenvalue weighted by molar-refractivity contribution is 0.563. The first-order valence-electron chi connectivity index (χ1n) is 7.16. The lowest BCUT2D eigenvalue weighted by Crippen LogP contribution is -2.18. The van der Waals surface area contributed by atoms with Crippen molar-refractivity contribution in [3.63, 3.8) is 0 Å². The van der Waals surface area contributed by atoms with E-state index in [4.69, 9.17) is 4.98 Å². The van der Waals surface area contributed by atoms with Crippen LogP contribution in [-0.2, 0) is 18.5 Å². The molecule has 0 aliphatic heterocycles. The summed E-state index contributed by atoms with van der Waals surface area (Å²) in [6, 6.07) is 4.09. The summed E-state index contributed by atoms with van der Waals surface area (Å²) in [6.45, 7) is 8.36. The first-order valence-corrected chi connectivity index (χ1v) is 7.98. The minimum atomic E-state index is 0.0679. The summed E-state index contributed by atoms with van der Waals surface area (Å²) in [5, 5.41) is 4.31. The Balaban J connectivity index is 2.23. The Hall–Kier alpha value is -1.46. The molecule has 0 aliphatic carbocycles. The normalized spacial score (nSPS) is 11.7. The van der Waals surface area contributed by atoms with E-state index in [9.17, 15) is 0 Å². The Morgan fingerprint density at radius 3 is 2.48 bits per heavy atom. The third-order valence-electron chi connectivity index (χ3n) is 3.23. The Bertz CT molecular complexity index is 572. The van der Waals surface area contributed by atoms with E-state index in [1.54, 1.807) is 11.3 Å². The smallest absolute Gasteiger partial charge is 0.185 e. The molecule has 0 aliphatic rings. The SMILES string of the molecule is CNCc1sc(N(C)Cc2ccncc2)nc1C(C)(C)C. The lowest BCUT2D eigenvalue weighted by atomic mass is 9.91. The summed E-state index contributed by atoms with van der Waals surface area (Å²) in [5.41, 5.74) is 2.51. The van der Waals surface area contributed by atoms with Crippen molar-refractivity contribution in [2.24, 2.45) is 0 Å². The number of thiazole rings is 1. The number of aromatic nitrogens is 2. The van der Waals surface area contributed by atoms with Crippen LogP contribution in [0.4, 0.5) is 5.13 Å². The van der Waals surface area contributed by atoms with Crippen LogP contribution in [0.1, 0.15) is 36.9 Å². The Morgan fingerprint density at radius 1 is 1.24 bits per heavy atom. The van der Waals surface area contributed by atoms with Crippen molar-refractivity contribution in [2.45, 2.75) is 39.3 Å². The average Bonchev–Trinajstić information content (AvgIpc) is 2.84. The van der Waals surface area contributed by atoms with E-state index in [1.807, 2.05) is 31.6 Å². The van der Waals surface area contributed by atoms with E-state index in [0.29, 0.717) is 0 Å². The molecule has 0 aromatic carbocycles. The second-order valence-electron chi connectivity index (χ2n) is 6.26. The van der Waals surface area contributed by atoms with Crippen LogP contribution >= 0.6 is 11.3 Å². The Kier molecular flexibility index (Phi) is 4.96. The van der Waals surface area contributed by atoms with Gasteiger partial charge in [-0.3, -0.25) is 4.98 Å². The molecule has 2 rings (SSSR count). The minimum Gasteiger partial charge on any atom is -0.347 e. The van der Waals surface area contributed by atoms with Gasteiger partial charge in [-0.2, -0.15) is 0 Å². The van der Waals surface area contributed by atoms with E-state index < -0.39 is 0 Å². The average molecular weight is 304 g/mol.